The number of carbonyl (C=O) groups excluding carboxylic acids is 1. The predicted molar refractivity (Wildman–Crippen MR) is 91.4 cm³/mol. The molecule has 1 atom stereocenters. The number of amides is 1. The molecule has 22 heavy (non-hydrogen) atoms. The summed E-state index contributed by atoms with van der Waals surface area (Å²) in [5.74, 6) is 0.111. The molecule has 1 amide bonds. The molecule has 1 aromatic heterocycles. The second kappa shape index (κ2) is 8.17. The van der Waals surface area contributed by atoms with Crippen LogP contribution in [0.25, 0.3) is 5.69 Å². The minimum absolute atomic E-state index is 0. The molecule has 2 aromatic rings. The fourth-order valence-electron chi connectivity index (χ4n) is 2.55. The number of likely N-dealkylation sites (N-methyl/N-ethyl adjacent to an activating group) is 1. The fraction of sp³-hybridized carbons (Fsp3) is 0.333. The number of halogens is 2. The Bertz CT molecular complexity index is 586. The topological polar surface area (TPSA) is 50.2 Å². The van der Waals surface area contributed by atoms with Crippen LogP contribution in [0.2, 0.25) is 0 Å². The van der Waals surface area contributed by atoms with Crippen LogP contribution < -0.4 is 5.32 Å². The lowest BCUT2D eigenvalue weighted by Crippen LogP contribution is -2.33. The second-order valence-corrected chi connectivity index (χ2v) is 5.04. The van der Waals surface area contributed by atoms with E-state index in [1.165, 1.54) is 0 Å². The van der Waals surface area contributed by atoms with Crippen LogP contribution in [0.1, 0.15) is 16.8 Å². The van der Waals surface area contributed by atoms with Crippen molar-refractivity contribution in [3.8, 4) is 5.69 Å². The zero-order valence-electron chi connectivity index (χ0n) is 12.3. The molecule has 1 aromatic carbocycles. The molecule has 0 saturated carbocycles. The molecule has 7 heteroatoms. The number of likely N-dealkylation sites (tertiary alicyclic amines) is 1. The molecule has 0 radical (unpaired) electrons. The molecule has 120 valence electrons. The summed E-state index contributed by atoms with van der Waals surface area (Å²) in [4.78, 5) is 18.3. The smallest absolute Gasteiger partial charge is 0.253 e. The highest BCUT2D eigenvalue weighted by Crippen LogP contribution is 2.15. The van der Waals surface area contributed by atoms with Crippen molar-refractivity contribution < 1.29 is 4.79 Å². The number of rotatable bonds is 3. The number of hydrogen-bond donors (Lipinski definition) is 1. The van der Waals surface area contributed by atoms with E-state index in [-0.39, 0.29) is 30.7 Å². The van der Waals surface area contributed by atoms with Gasteiger partial charge in [-0.25, -0.2) is 4.98 Å². The first-order chi connectivity index (χ1) is 9.78. The van der Waals surface area contributed by atoms with Crippen molar-refractivity contribution in [2.24, 2.45) is 0 Å². The van der Waals surface area contributed by atoms with Crippen LogP contribution in [0.3, 0.4) is 0 Å². The van der Waals surface area contributed by atoms with Gasteiger partial charge in [-0.1, -0.05) is 0 Å². The fourth-order valence-corrected chi connectivity index (χ4v) is 2.55. The maximum Gasteiger partial charge on any atom is 0.253 e. The molecular formula is C15H20Cl2N4O. The van der Waals surface area contributed by atoms with Crippen molar-refractivity contribution >= 4 is 30.7 Å². The first kappa shape index (κ1) is 18.5. The van der Waals surface area contributed by atoms with E-state index in [1.54, 1.807) is 12.5 Å². The molecule has 1 unspecified atom stereocenters. The Morgan fingerprint density at radius 1 is 1.27 bits per heavy atom. The Kier molecular flexibility index (Phi) is 6.87. The van der Waals surface area contributed by atoms with E-state index < -0.39 is 0 Å². The number of nitrogens with zero attached hydrogens (tertiary/aromatic N) is 3. The van der Waals surface area contributed by atoms with Crippen molar-refractivity contribution in [1.82, 2.24) is 19.8 Å². The Hall–Kier alpha value is -1.56. The quantitative estimate of drug-likeness (QED) is 0.929. The van der Waals surface area contributed by atoms with Gasteiger partial charge in [0.2, 0.25) is 0 Å². The van der Waals surface area contributed by atoms with Gasteiger partial charge in [-0.05, 0) is 37.7 Å². The minimum atomic E-state index is 0. The van der Waals surface area contributed by atoms with E-state index in [4.69, 9.17) is 0 Å². The van der Waals surface area contributed by atoms with E-state index in [2.05, 4.69) is 10.3 Å². The predicted octanol–water partition coefficient (Wildman–Crippen LogP) is 2.15. The van der Waals surface area contributed by atoms with Crippen LogP contribution in [-0.2, 0) is 0 Å². The number of nitrogens with one attached hydrogen (secondary N) is 1. The summed E-state index contributed by atoms with van der Waals surface area (Å²) in [6.07, 6.45) is 6.39. The Balaban J connectivity index is 0.00000121. The molecule has 0 aliphatic carbocycles. The largest absolute Gasteiger partial charge is 0.337 e. The van der Waals surface area contributed by atoms with Crippen LogP contribution in [0.15, 0.2) is 43.0 Å². The average Bonchev–Trinajstić information content (AvgIpc) is 3.18. The van der Waals surface area contributed by atoms with Crippen LogP contribution >= 0.6 is 24.8 Å². The van der Waals surface area contributed by atoms with Gasteiger partial charge in [-0.15, -0.1) is 24.8 Å². The van der Waals surface area contributed by atoms with Crippen LogP contribution in [-0.4, -0.2) is 46.5 Å². The summed E-state index contributed by atoms with van der Waals surface area (Å²) in [6, 6.07) is 8.07. The van der Waals surface area contributed by atoms with Crippen molar-refractivity contribution in [1.29, 1.82) is 0 Å². The summed E-state index contributed by atoms with van der Waals surface area (Å²) in [5.41, 5.74) is 1.75. The Morgan fingerprint density at radius 2 is 2.00 bits per heavy atom. The van der Waals surface area contributed by atoms with Gasteiger partial charge in [0.05, 0.1) is 6.33 Å². The van der Waals surface area contributed by atoms with Crippen LogP contribution in [0, 0.1) is 0 Å². The lowest BCUT2D eigenvalue weighted by atomic mass is 10.2. The van der Waals surface area contributed by atoms with Gasteiger partial charge >= 0.3 is 0 Å². The molecular weight excluding hydrogens is 323 g/mol. The highest BCUT2D eigenvalue weighted by molar-refractivity contribution is 5.94. The molecule has 1 N–H and O–H groups in total. The van der Waals surface area contributed by atoms with Crippen LogP contribution in [0.5, 0.6) is 0 Å². The number of imidazole rings is 1. The maximum absolute atomic E-state index is 12.4. The monoisotopic (exact) mass is 342 g/mol. The van der Waals surface area contributed by atoms with Crippen molar-refractivity contribution in [3.05, 3.63) is 48.5 Å². The zero-order valence-corrected chi connectivity index (χ0v) is 13.9. The van der Waals surface area contributed by atoms with Crippen LogP contribution in [0.4, 0.5) is 0 Å². The lowest BCUT2D eigenvalue weighted by molar-refractivity contribution is 0.0789. The molecule has 3 rings (SSSR count). The average molecular weight is 343 g/mol. The third kappa shape index (κ3) is 3.80. The van der Waals surface area contributed by atoms with Gasteiger partial charge in [0, 0.05) is 42.8 Å². The Morgan fingerprint density at radius 3 is 2.55 bits per heavy atom. The number of benzene rings is 1. The summed E-state index contributed by atoms with van der Waals surface area (Å²) >= 11 is 0. The summed E-state index contributed by atoms with van der Waals surface area (Å²) in [7, 11) is 1.94. The van der Waals surface area contributed by atoms with E-state index in [0.29, 0.717) is 6.04 Å². The number of hydrogen-bond acceptors (Lipinski definition) is 3. The maximum atomic E-state index is 12.4. The minimum Gasteiger partial charge on any atom is -0.337 e. The lowest BCUT2D eigenvalue weighted by Gasteiger charge is -2.16. The van der Waals surface area contributed by atoms with E-state index in [1.807, 2.05) is 47.0 Å². The molecule has 1 aliphatic rings. The van der Waals surface area contributed by atoms with Gasteiger partial charge in [0.1, 0.15) is 0 Å². The molecule has 5 nitrogen and oxygen atoms in total. The number of carbonyl (C=O) groups is 1. The Labute approximate surface area is 142 Å². The molecule has 1 aliphatic heterocycles. The summed E-state index contributed by atoms with van der Waals surface area (Å²) in [5, 5.41) is 3.22. The first-order valence-electron chi connectivity index (χ1n) is 6.83. The van der Waals surface area contributed by atoms with Gasteiger partial charge in [0.25, 0.3) is 5.91 Å². The standard InChI is InChI=1S/C15H18N4O.2ClH/c1-16-13-6-8-18(10-13)15(20)12-2-4-14(5-3-12)19-9-7-17-11-19;;/h2-5,7,9,11,13,16H,6,8,10H2,1H3;2*1H. The SMILES string of the molecule is CNC1CCN(C(=O)c2ccc(-n3ccnc3)cc2)C1.Cl.Cl. The molecule has 0 spiro atoms. The van der Waals surface area contributed by atoms with E-state index in [0.717, 1.165) is 30.8 Å². The van der Waals surface area contributed by atoms with Gasteiger partial charge in [-0.3, -0.25) is 4.79 Å². The highest BCUT2D eigenvalue weighted by atomic mass is 35.5. The highest BCUT2D eigenvalue weighted by Gasteiger charge is 2.25. The molecule has 1 saturated heterocycles. The van der Waals surface area contributed by atoms with Crippen molar-refractivity contribution in [3.63, 3.8) is 0 Å². The van der Waals surface area contributed by atoms with Crippen molar-refractivity contribution in [2.45, 2.75) is 12.5 Å². The van der Waals surface area contributed by atoms with Gasteiger partial charge in [0.15, 0.2) is 0 Å². The molecule has 1 fully saturated rings. The molecule has 2 heterocycles. The summed E-state index contributed by atoms with van der Waals surface area (Å²) < 4.78 is 1.92. The van der Waals surface area contributed by atoms with Crippen molar-refractivity contribution in [2.75, 3.05) is 20.1 Å². The third-order valence-corrected chi connectivity index (χ3v) is 3.80. The molecule has 0 bridgehead atoms. The first-order valence-corrected chi connectivity index (χ1v) is 6.83. The normalized spacial score (nSPS) is 16.8. The van der Waals surface area contributed by atoms with Gasteiger partial charge in [-0.2, -0.15) is 0 Å². The second-order valence-electron chi connectivity index (χ2n) is 5.04. The van der Waals surface area contributed by atoms with E-state index in [9.17, 15) is 4.79 Å². The number of aromatic nitrogens is 2. The summed E-state index contributed by atoms with van der Waals surface area (Å²) in [6.45, 7) is 1.62. The third-order valence-electron chi connectivity index (χ3n) is 3.80. The van der Waals surface area contributed by atoms with Gasteiger partial charge < -0.3 is 14.8 Å². The van der Waals surface area contributed by atoms with E-state index >= 15 is 0 Å². The zero-order chi connectivity index (χ0) is 13.9.